The van der Waals surface area contributed by atoms with Crippen molar-refractivity contribution < 1.29 is 22.6 Å². The molecule has 0 fully saturated rings. The molecule has 0 saturated heterocycles. The van der Waals surface area contributed by atoms with E-state index in [1.165, 1.54) is 73.7 Å². The van der Waals surface area contributed by atoms with E-state index < -0.39 is 10.0 Å². The van der Waals surface area contributed by atoms with Crippen molar-refractivity contribution in [2.75, 3.05) is 20.8 Å². The molecule has 0 atom stereocenters. The number of hydrogen-bond donors (Lipinski definition) is 0. The zero-order valence-electron chi connectivity index (χ0n) is 27.7. The van der Waals surface area contributed by atoms with Crippen molar-refractivity contribution in [2.45, 2.75) is 95.0 Å². The standard InChI is InChI=1S/C39H51NO5S/c1-43-35-23-26-37(27-24-35)46(41,42)40-31-34(38-30-36(44-2)25-28-39(38)40)22-18-13-11-9-7-5-3-4-6-8-10-12-14-19-29-45-32-33-20-16-15-17-21-33/h15-18,20-28,30-31H,3-14,19,29,32H2,1-2H3. The van der Waals surface area contributed by atoms with Gasteiger partial charge in [-0.1, -0.05) is 107 Å². The highest BCUT2D eigenvalue weighted by Crippen LogP contribution is 2.31. The first-order valence-corrected chi connectivity index (χ1v) is 18.3. The van der Waals surface area contributed by atoms with Crippen LogP contribution in [0, 0.1) is 0 Å². The van der Waals surface area contributed by atoms with Crippen LogP contribution in [0.15, 0.2) is 90.0 Å². The van der Waals surface area contributed by atoms with Crippen molar-refractivity contribution in [3.63, 3.8) is 0 Å². The van der Waals surface area contributed by atoms with E-state index in [9.17, 15) is 8.42 Å². The third kappa shape index (κ3) is 10.8. The van der Waals surface area contributed by atoms with Crippen LogP contribution in [0.2, 0.25) is 0 Å². The van der Waals surface area contributed by atoms with E-state index in [1.807, 2.05) is 18.2 Å². The van der Waals surface area contributed by atoms with Crippen LogP contribution in [-0.4, -0.2) is 33.2 Å². The van der Waals surface area contributed by atoms with Crippen LogP contribution in [0.1, 0.15) is 94.6 Å². The number of ether oxygens (including phenoxy) is 3. The van der Waals surface area contributed by atoms with Crippen molar-refractivity contribution in [1.29, 1.82) is 0 Å². The minimum Gasteiger partial charge on any atom is -0.497 e. The maximum Gasteiger partial charge on any atom is 0.268 e. The van der Waals surface area contributed by atoms with Gasteiger partial charge in [-0.25, -0.2) is 12.4 Å². The molecule has 0 amide bonds. The second kappa shape index (κ2) is 19.2. The zero-order chi connectivity index (χ0) is 32.5. The Morgan fingerprint density at radius 2 is 1.26 bits per heavy atom. The van der Waals surface area contributed by atoms with E-state index in [0.717, 1.165) is 43.4 Å². The lowest BCUT2D eigenvalue weighted by Gasteiger charge is -2.08. The molecule has 1 heterocycles. The van der Waals surface area contributed by atoms with E-state index >= 15 is 0 Å². The Hall–Kier alpha value is -3.55. The zero-order valence-corrected chi connectivity index (χ0v) is 28.5. The van der Waals surface area contributed by atoms with Crippen molar-refractivity contribution in [2.24, 2.45) is 0 Å². The number of methoxy groups -OCH3 is 2. The number of allylic oxidation sites excluding steroid dienone is 1. The van der Waals surface area contributed by atoms with Gasteiger partial charge in [-0.3, -0.25) is 0 Å². The molecule has 0 aliphatic heterocycles. The fourth-order valence-corrected chi connectivity index (χ4v) is 7.11. The molecule has 0 bridgehead atoms. The number of benzene rings is 3. The van der Waals surface area contributed by atoms with Crippen LogP contribution >= 0.6 is 0 Å². The van der Waals surface area contributed by atoms with E-state index in [2.05, 4.69) is 30.3 Å². The van der Waals surface area contributed by atoms with Crippen molar-refractivity contribution in [3.8, 4) is 11.5 Å². The molecule has 0 spiro atoms. The first-order valence-electron chi connectivity index (χ1n) is 16.9. The molecule has 4 aromatic rings. The monoisotopic (exact) mass is 645 g/mol. The summed E-state index contributed by atoms with van der Waals surface area (Å²) in [5.41, 5.74) is 2.74. The predicted octanol–water partition coefficient (Wildman–Crippen LogP) is 10.2. The molecule has 46 heavy (non-hydrogen) atoms. The maximum absolute atomic E-state index is 13.5. The van der Waals surface area contributed by atoms with E-state index in [1.54, 1.807) is 56.8 Å². The second-order valence-electron chi connectivity index (χ2n) is 11.9. The maximum atomic E-state index is 13.5. The average molecular weight is 646 g/mol. The van der Waals surface area contributed by atoms with E-state index in [-0.39, 0.29) is 4.90 Å². The minimum absolute atomic E-state index is 0.216. The number of aromatic nitrogens is 1. The van der Waals surface area contributed by atoms with Crippen LogP contribution in [0.25, 0.3) is 17.0 Å². The van der Waals surface area contributed by atoms with Gasteiger partial charge in [-0.15, -0.1) is 0 Å². The largest absolute Gasteiger partial charge is 0.497 e. The molecule has 248 valence electrons. The average Bonchev–Trinajstić information content (AvgIpc) is 3.46. The van der Waals surface area contributed by atoms with Crippen LogP contribution in [-0.2, 0) is 21.4 Å². The van der Waals surface area contributed by atoms with Crippen LogP contribution in [0.5, 0.6) is 11.5 Å². The normalized spacial score (nSPS) is 11.9. The van der Waals surface area contributed by atoms with Crippen molar-refractivity contribution in [1.82, 2.24) is 3.97 Å². The Bertz CT molecular complexity index is 1580. The van der Waals surface area contributed by atoms with Gasteiger partial charge in [0.15, 0.2) is 0 Å². The number of hydrogen-bond acceptors (Lipinski definition) is 5. The predicted molar refractivity (Wildman–Crippen MR) is 189 cm³/mol. The summed E-state index contributed by atoms with van der Waals surface area (Å²) in [6.45, 7) is 1.58. The van der Waals surface area contributed by atoms with E-state index in [0.29, 0.717) is 17.0 Å². The van der Waals surface area contributed by atoms with Gasteiger partial charge in [-0.05, 0) is 67.3 Å². The highest BCUT2D eigenvalue weighted by atomic mass is 32.2. The van der Waals surface area contributed by atoms with Gasteiger partial charge in [0.25, 0.3) is 10.0 Å². The number of rotatable bonds is 22. The fraction of sp³-hybridized carbons (Fsp3) is 0.436. The molecule has 0 unspecified atom stereocenters. The molecule has 4 rings (SSSR count). The van der Waals surface area contributed by atoms with Gasteiger partial charge in [0.05, 0.1) is 31.2 Å². The third-order valence-corrected chi connectivity index (χ3v) is 10.1. The summed E-state index contributed by atoms with van der Waals surface area (Å²) in [5.74, 6) is 1.31. The highest BCUT2D eigenvalue weighted by Gasteiger charge is 2.21. The van der Waals surface area contributed by atoms with Crippen molar-refractivity contribution in [3.05, 3.63) is 96.2 Å². The minimum atomic E-state index is -3.78. The summed E-state index contributed by atoms with van der Waals surface area (Å²) in [6.07, 6.45) is 22.3. The lowest BCUT2D eigenvalue weighted by atomic mass is 10.0. The summed E-state index contributed by atoms with van der Waals surface area (Å²) in [4.78, 5) is 0.216. The van der Waals surface area contributed by atoms with Gasteiger partial charge in [0.1, 0.15) is 11.5 Å². The summed E-state index contributed by atoms with van der Waals surface area (Å²) in [5, 5.41) is 0.848. The van der Waals surface area contributed by atoms with Gasteiger partial charge < -0.3 is 14.2 Å². The van der Waals surface area contributed by atoms with Gasteiger partial charge in [-0.2, -0.15) is 0 Å². The molecule has 3 aromatic carbocycles. The molecule has 0 aliphatic rings. The van der Waals surface area contributed by atoms with Gasteiger partial charge in [0, 0.05) is 23.8 Å². The van der Waals surface area contributed by atoms with Crippen LogP contribution < -0.4 is 9.47 Å². The summed E-state index contributed by atoms with van der Waals surface area (Å²) >= 11 is 0. The Kier molecular flexibility index (Phi) is 14.7. The summed E-state index contributed by atoms with van der Waals surface area (Å²) in [6, 6.07) is 22.4. The lowest BCUT2D eigenvalue weighted by molar-refractivity contribution is 0.116. The topological polar surface area (TPSA) is 66.8 Å². The van der Waals surface area contributed by atoms with E-state index in [4.69, 9.17) is 14.2 Å². The molecular formula is C39H51NO5S. The van der Waals surface area contributed by atoms with Crippen LogP contribution in [0.4, 0.5) is 0 Å². The Balaban J connectivity index is 1.10. The summed E-state index contributed by atoms with van der Waals surface area (Å²) < 4.78 is 44.9. The SMILES string of the molecule is COc1ccc(S(=O)(=O)n2cc(C=CCCCCCCCCCCCCCCOCc3ccccc3)c3cc(OC)ccc32)cc1. The molecule has 6 nitrogen and oxygen atoms in total. The third-order valence-electron chi connectivity index (χ3n) is 8.44. The summed E-state index contributed by atoms with van der Waals surface area (Å²) in [7, 11) is -0.596. The first kappa shape index (κ1) is 35.3. The Morgan fingerprint density at radius 3 is 1.89 bits per heavy atom. The van der Waals surface area contributed by atoms with Crippen molar-refractivity contribution >= 4 is 27.0 Å². The molecule has 0 N–H and O–H groups in total. The molecule has 7 heteroatoms. The number of nitrogens with zero attached hydrogens (tertiary/aromatic N) is 1. The highest BCUT2D eigenvalue weighted by molar-refractivity contribution is 7.90. The molecular weight excluding hydrogens is 594 g/mol. The number of fused-ring (bicyclic) bond motifs is 1. The Morgan fingerprint density at radius 1 is 0.674 bits per heavy atom. The smallest absolute Gasteiger partial charge is 0.268 e. The molecule has 0 radical (unpaired) electrons. The quantitative estimate of drug-likeness (QED) is 0.0796. The van der Waals surface area contributed by atoms with Gasteiger partial charge >= 0.3 is 0 Å². The molecule has 0 aliphatic carbocycles. The molecule has 0 saturated carbocycles. The van der Waals surface area contributed by atoms with Gasteiger partial charge in [0.2, 0.25) is 0 Å². The Labute approximate surface area is 276 Å². The van der Waals surface area contributed by atoms with Crippen LogP contribution in [0.3, 0.4) is 0 Å². The number of unbranched alkanes of at least 4 members (excludes halogenated alkanes) is 12. The molecule has 1 aromatic heterocycles. The second-order valence-corrected chi connectivity index (χ2v) is 13.7. The fourth-order valence-electron chi connectivity index (χ4n) is 5.73. The lowest BCUT2D eigenvalue weighted by Crippen LogP contribution is -2.11. The first-order chi connectivity index (χ1) is 22.5.